The van der Waals surface area contributed by atoms with E-state index in [0.29, 0.717) is 12.4 Å². The minimum absolute atomic E-state index is 0.0416. The summed E-state index contributed by atoms with van der Waals surface area (Å²) < 4.78 is 0. The normalized spacial score (nSPS) is 14.2. The molecule has 0 saturated carbocycles. The van der Waals surface area contributed by atoms with Gasteiger partial charge in [0.05, 0.1) is 11.3 Å². The second kappa shape index (κ2) is 6.84. The zero-order chi connectivity index (χ0) is 18.1. The maximum Gasteiger partial charge on any atom is 0.255 e. The number of aryl methyl sites for hydroxylation is 2. The molecule has 2 aromatic heterocycles. The second-order valence-corrected chi connectivity index (χ2v) is 6.91. The van der Waals surface area contributed by atoms with Crippen LogP contribution in [-0.2, 0) is 19.5 Å². The molecule has 5 nitrogen and oxygen atoms in total. The minimum atomic E-state index is -0.0416. The van der Waals surface area contributed by atoms with Crippen molar-refractivity contribution in [2.45, 2.75) is 33.4 Å². The minimum Gasteiger partial charge on any atom is -0.306 e. The van der Waals surface area contributed by atoms with Gasteiger partial charge in [-0.2, -0.15) is 0 Å². The highest BCUT2D eigenvalue weighted by molar-refractivity contribution is 5.53. The number of pyridine rings is 1. The van der Waals surface area contributed by atoms with E-state index >= 15 is 0 Å². The van der Waals surface area contributed by atoms with Crippen molar-refractivity contribution in [1.29, 1.82) is 0 Å². The van der Waals surface area contributed by atoms with Crippen molar-refractivity contribution >= 4 is 0 Å². The molecule has 5 heteroatoms. The molecule has 0 unspecified atom stereocenters. The first-order valence-corrected chi connectivity index (χ1v) is 8.92. The molecule has 132 valence electrons. The molecule has 0 atom stereocenters. The Bertz CT molecular complexity index is 974. The average molecular weight is 346 g/mol. The predicted octanol–water partition coefficient (Wildman–Crippen LogP) is 3.01. The van der Waals surface area contributed by atoms with Crippen molar-refractivity contribution in [2.75, 3.05) is 6.54 Å². The van der Waals surface area contributed by atoms with Gasteiger partial charge in [0.25, 0.3) is 5.56 Å². The van der Waals surface area contributed by atoms with Crippen LogP contribution in [-0.4, -0.2) is 26.4 Å². The van der Waals surface area contributed by atoms with Crippen molar-refractivity contribution in [1.82, 2.24) is 19.9 Å². The van der Waals surface area contributed by atoms with E-state index in [9.17, 15) is 4.79 Å². The zero-order valence-electron chi connectivity index (χ0n) is 15.1. The highest BCUT2D eigenvalue weighted by atomic mass is 16.1. The summed E-state index contributed by atoms with van der Waals surface area (Å²) >= 11 is 0. The van der Waals surface area contributed by atoms with Crippen LogP contribution in [0.4, 0.5) is 0 Å². The fourth-order valence-corrected chi connectivity index (χ4v) is 3.58. The average Bonchev–Trinajstić information content (AvgIpc) is 2.66. The number of hydrogen-bond donors (Lipinski definition) is 1. The van der Waals surface area contributed by atoms with Gasteiger partial charge in [-0.25, -0.2) is 4.98 Å². The van der Waals surface area contributed by atoms with Crippen LogP contribution >= 0.6 is 0 Å². The number of fused-ring (bicyclic) bond motifs is 1. The summed E-state index contributed by atoms with van der Waals surface area (Å²) in [7, 11) is 0. The molecular weight excluding hydrogens is 324 g/mol. The van der Waals surface area contributed by atoms with Crippen molar-refractivity contribution in [3.05, 3.63) is 81.0 Å². The van der Waals surface area contributed by atoms with Gasteiger partial charge in [0.15, 0.2) is 0 Å². The van der Waals surface area contributed by atoms with Crippen LogP contribution in [0.5, 0.6) is 0 Å². The van der Waals surface area contributed by atoms with Crippen LogP contribution < -0.4 is 5.56 Å². The molecule has 0 saturated heterocycles. The number of H-pyrrole nitrogens is 1. The number of nitrogens with one attached hydrogen (secondary N) is 1. The first-order chi connectivity index (χ1) is 12.6. The van der Waals surface area contributed by atoms with E-state index in [0.717, 1.165) is 36.3 Å². The van der Waals surface area contributed by atoms with Gasteiger partial charge in [0, 0.05) is 44.0 Å². The van der Waals surface area contributed by atoms with E-state index in [2.05, 4.69) is 46.9 Å². The number of aromatic nitrogens is 3. The van der Waals surface area contributed by atoms with Crippen LogP contribution in [0.1, 0.15) is 27.9 Å². The molecule has 0 amide bonds. The Morgan fingerprint density at radius 2 is 1.96 bits per heavy atom. The molecule has 1 aromatic carbocycles. The van der Waals surface area contributed by atoms with E-state index in [1.807, 2.05) is 12.1 Å². The summed E-state index contributed by atoms with van der Waals surface area (Å²) in [6.45, 7) is 6.70. The van der Waals surface area contributed by atoms with Crippen molar-refractivity contribution in [3.8, 4) is 11.4 Å². The summed E-state index contributed by atoms with van der Waals surface area (Å²) in [5.41, 5.74) is 6.45. The molecule has 0 fully saturated rings. The van der Waals surface area contributed by atoms with E-state index in [4.69, 9.17) is 4.98 Å². The van der Waals surface area contributed by atoms with Gasteiger partial charge >= 0.3 is 0 Å². The topological polar surface area (TPSA) is 61.9 Å². The first-order valence-electron chi connectivity index (χ1n) is 8.92. The summed E-state index contributed by atoms with van der Waals surface area (Å²) in [6.07, 6.45) is 4.23. The number of benzene rings is 1. The van der Waals surface area contributed by atoms with Crippen molar-refractivity contribution < 1.29 is 0 Å². The van der Waals surface area contributed by atoms with Crippen molar-refractivity contribution in [2.24, 2.45) is 0 Å². The van der Waals surface area contributed by atoms with E-state index < -0.39 is 0 Å². The molecule has 26 heavy (non-hydrogen) atoms. The van der Waals surface area contributed by atoms with E-state index in [1.165, 1.54) is 16.7 Å². The third-order valence-corrected chi connectivity index (χ3v) is 5.11. The van der Waals surface area contributed by atoms with Gasteiger partial charge in [-0.3, -0.25) is 14.7 Å². The third-order valence-electron chi connectivity index (χ3n) is 5.11. The lowest BCUT2D eigenvalue weighted by Gasteiger charge is -2.28. The van der Waals surface area contributed by atoms with Gasteiger partial charge in [-0.05, 0) is 42.7 Å². The summed E-state index contributed by atoms with van der Waals surface area (Å²) in [6, 6.07) is 10.1. The molecule has 0 bridgehead atoms. The number of rotatable bonds is 3. The monoisotopic (exact) mass is 346 g/mol. The zero-order valence-corrected chi connectivity index (χ0v) is 15.1. The van der Waals surface area contributed by atoms with Gasteiger partial charge in [-0.1, -0.05) is 18.2 Å². The third kappa shape index (κ3) is 3.18. The van der Waals surface area contributed by atoms with E-state index in [-0.39, 0.29) is 5.56 Å². The van der Waals surface area contributed by atoms with Gasteiger partial charge in [0.2, 0.25) is 0 Å². The molecular formula is C21H22N4O. The lowest BCUT2D eigenvalue weighted by Crippen LogP contribution is -2.35. The molecule has 3 heterocycles. The predicted molar refractivity (Wildman–Crippen MR) is 102 cm³/mol. The van der Waals surface area contributed by atoms with Gasteiger partial charge < -0.3 is 4.98 Å². The maximum atomic E-state index is 12.6. The molecule has 3 aromatic rings. The maximum absolute atomic E-state index is 12.6. The lowest BCUT2D eigenvalue weighted by molar-refractivity contribution is 0.241. The van der Waals surface area contributed by atoms with Crippen LogP contribution in [0.25, 0.3) is 11.4 Å². The Hall–Kier alpha value is -2.79. The standard InChI is InChI=1S/C21H22N4O/c1-14-5-3-6-15(2)17(14)12-25-10-8-19-18(13-25)21(26)24-20(23-19)16-7-4-9-22-11-16/h3-7,9,11H,8,10,12-13H2,1-2H3,(H,23,24,26). The van der Waals surface area contributed by atoms with Crippen LogP contribution in [0.15, 0.2) is 47.5 Å². The molecule has 0 aliphatic carbocycles. The lowest BCUT2D eigenvalue weighted by atomic mass is 10.0. The van der Waals surface area contributed by atoms with Crippen LogP contribution in [0.2, 0.25) is 0 Å². The fraction of sp³-hybridized carbons (Fsp3) is 0.286. The number of aromatic amines is 1. The summed E-state index contributed by atoms with van der Waals surface area (Å²) in [4.78, 5) is 26.7. The molecule has 1 aliphatic heterocycles. The fourth-order valence-electron chi connectivity index (χ4n) is 3.58. The quantitative estimate of drug-likeness (QED) is 0.792. The second-order valence-electron chi connectivity index (χ2n) is 6.91. The Kier molecular flexibility index (Phi) is 4.39. The highest BCUT2D eigenvalue weighted by Gasteiger charge is 2.22. The highest BCUT2D eigenvalue weighted by Crippen LogP contribution is 2.22. The Labute approximate surface area is 152 Å². The first kappa shape index (κ1) is 16.7. The summed E-state index contributed by atoms with van der Waals surface area (Å²) in [5, 5.41) is 0. The largest absolute Gasteiger partial charge is 0.306 e. The molecule has 1 aliphatic rings. The number of hydrogen-bond acceptors (Lipinski definition) is 4. The van der Waals surface area contributed by atoms with Gasteiger partial charge in [0.1, 0.15) is 5.82 Å². The molecule has 1 N–H and O–H groups in total. The van der Waals surface area contributed by atoms with E-state index in [1.54, 1.807) is 12.4 Å². The Balaban J connectivity index is 1.61. The Morgan fingerprint density at radius 1 is 1.15 bits per heavy atom. The molecule has 0 spiro atoms. The Morgan fingerprint density at radius 3 is 2.69 bits per heavy atom. The van der Waals surface area contributed by atoms with Gasteiger partial charge in [-0.15, -0.1) is 0 Å². The molecule has 0 radical (unpaired) electrons. The van der Waals surface area contributed by atoms with Crippen molar-refractivity contribution in [3.63, 3.8) is 0 Å². The summed E-state index contributed by atoms with van der Waals surface area (Å²) in [5.74, 6) is 0.602. The SMILES string of the molecule is Cc1cccc(C)c1CN1CCc2nc(-c3cccnc3)[nH]c(=O)c2C1. The number of nitrogens with zero attached hydrogens (tertiary/aromatic N) is 3. The smallest absolute Gasteiger partial charge is 0.255 e. The van der Waals surface area contributed by atoms with Crippen LogP contribution in [0, 0.1) is 13.8 Å². The van der Waals surface area contributed by atoms with Crippen LogP contribution in [0.3, 0.4) is 0 Å². The molecule has 4 rings (SSSR count).